The molecule has 3 saturated carbocycles. The third-order valence-electron chi connectivity index (χ3n) is 8.03. The van der Waals surface area contributed by atoms with E-state index in [1.54, 1.807) is 20.8 Å². The highest BCUT2D eigenvalue weighted by Crippen LogP contribution is 2.24. The number of ether oxygens (including phenoxy) is 2. The largest absolute Gasteiger partial charge is 0.480 e. The average molecular weight is 568 g/mol. The Labute approximate surface area is 242 Å². The zero-order valence-electron chi connectivity index (χ0n) is 25.4. The smallest absolute Gasteiger partial charge is 0.407 e. The summed E-state index contributed by atoms with van der Waals surface area (Å²) in [5.74, 6) is -0.712. The molecule has 9 heteroatoms. The van der Waals surface area contributed by atoms with Gasteiger partial charge in [-0.25, -0.2) is 14.4 Å². The molecule has 40 heavy (non-hydrogen) atoms. The molecule has 1 unspecified atom stereocenters. The summed E-state index contributed by atoms with van der Waals surface area (Å²) in [6.07, 6.45) is 20.4. The Hall–Kier alpha value is -2.03. The van der Waals surface area contributed by atoms with E-state index in [1.807, 2.05) is 0 Å². The number of carbonyl (C=O) groups is 3. The number of nitrogens with one attached hydrogen (secondary N) is 3. The predicted octanol–water partition coefficient (Wildman–Crippen LogP) is 6.68. The third kappa shape index (κ3) is 16.3. The molecule has 3 aliphatic carbocycles. The van der Waals surface area contributed by atoms with Crippen LogP contribution in [0.15, 0.2) is 0 Å². The van der Waals surface area contributed by atoms with Gasteiger partial charge in [0.25, 0.3) is 0 Å². The van der Waals surface area contributed by atoms with E-state index >= 15 is 0 Å². The van der Waals surface area contributed by atoms with Crippen molar-refractivity contribution in [2.24, 2.45) is 5.92 Å². The fourth-order valence-electron chi connectivity index (χ4n) is 5.84. The van der Waals surface area contributed by atoms with Crippen LogP contribution < -0.4 is 16.0 Å². The van der Waals surface area contributed by atoms with Gasteiger partial charge >= 0.3 is 18.2 Å². The van der Waals surface area contributed by atoms with Crippen LogP contribution >= 0.6 is 0 Å². The number of amides is 2. The molecule has 3 aliphatic rings. The number of unbranched alkanes of at least 4 members (excludes halogenated alkanes) is 1. The van der Waals surface area contributed by atoms with Crippen LogP contribution in [0.1, 0.15) is 136 Å². The summed E-state index contributed by atoms with van der Waals surface area (Å²) in [6, 6.07) is 0.749. The highest BCUT2D eigenvalue weighted by atomic mass is 16.6. The van der Waals surface area contributed by atoms with Gasteiger partial charge in [0, 0.05) is 18.6 Å². The molecule has 0 aromatic rings. The molecule has 2 amide bonds. The molecule has 4 N–H and O–H groups in total. The van der Waals surface area contributed by atoms with Gasteiger partial charge < -0.3 is 30.5 Å². The molecule has 0 bridgehead atoms. The summed E-state index contributed by atoms with van der Waals surface area (Å²) >= 11 is 0. The highest BCUT2D eigenvalue weighted by molar-refractivity contribution is 5.79. The summed E-state index contributed by atoms with van der Waals surface area (Å²) in [5.41, 5.74) is -0.555. The number of carboxylic acids is 1. The number of hydrogen-bond acceptors (Lipinski definition) is 6. The Morgan fingerprint density at radius 2 is 1.30 bits per heavy atom. The normalized spacial score (nSPS) is 20.0. The predicted molar refractivity (Wildman–Crippen MR) is 157 cm³/mol. The molecule has 1 atom stereocenters. The van der Waals surface area contributed by atoms with Crippen molar-refractivity contribution in [1.29, 1.82) is 0 Å². The van der Waals surface area contributed by atoms with Gasteiger partial charge in [0.1, 0.15) is 11.6 Å². The van der Waals surface area contributed by atoms with E-state index in [2.05, 4.69) is 16.0 Å². The van der Waals surface area contributed by atoms with Crippen LogP contribution in [0, 0.1) is 5.92 Å². The first kappa shape index (κ1) is 34.2. The van der Waals surface area contributed by atoms with Gasteiger partial charge in [0.05, 0.1) is 6.61 Å². The number of alkyl carbamates (subject to hydrolysis) is 2. The van der Waals surface area contributed by atoms with Crippen molar-refractivity contribution in [2.45, 2.75) is 160 Å². The van der Waals surface area contributed by atoms with Gasteiger partial charge in [0.2, 0.25) is 0 Å². The second kappa shape index (κ2) is 19.2. The molecule has 0 radical (unpaired) electrons. The molecule has 0 aromatic heterocycles. The molecule has 3 rings (SSSR count). The molecule has 3 fully saturated rings. The van der Waals surface area contributed by atoms with Crippen molar-refractivity contribution < 1.29 is 29.0 Å². The highest BCUT2D eigenvalue weighted by Gasteiger charge is 2.22. The zero-order valence-corrected chi connectivity index (χ0v) is 25.4. The zero-order chi connectivity index (χ0) is 29.2. The fraction of sp³-hybridized carbons (Fsp3) is 0.903. The summed E-state index contributed by atoms with van der Waals surface area (Å²) in [6.45, 7) is 6.07. The minimum Gasteiger partial charge on any atom is -0.480 e. The van der Waals surface area contributed by atoms with Gasteiger partial charge in [-0.15, -0.1) is 0 Å². The molecule has 0 aliphatic heterocycles. The summed E-state index contributed by atoms with van der Waals surface area (Å²) < 4.78 is 10.3. The van der Waals surface area contributed by atoms with E-state index < -0.39 is 29.8 Å². The van der Waals surface area contributed by atoms with Gasteiger partial charge in [-0.1, -0.05) is 57.8 Å². The minimum absolute atomic E-state index is 0.268. The van der Waals surface area contributed by atoms with Crippen molar-refractivity contribution in [3.63, 3.8) is 0 Å². The second-order valence-electron chi connectivity index (χ2n) is 12.9. The number of carboxylic acid groups (broad SMARTS) is 1. The third-order valence-corrected chi connectivity index (χ3v) is 8.03. The van der Waals surface area contributed by atoms with Crippen LogP contribution in [0.25, 0.3) is 0 Å². The van der Waals surface area contributed by atoms with Crippen LogP contribution in [0.2, 0.25) is 0 Å². The van der Waals surface area contributed by atoms with Gasteiger partial charge in [-0.3, -0.25) is 0 Å². The van der Waals surface area contributed by atoms with Crippen molar-refractivity contribution >= 4 is 18.2 Å². The second-order valence-corrected chi connectivity index (χ2v) is 12.9. The van der Waals surface area contributed by atoms with E-state index in [9.17, 15) is 19.5 Å². The summed E-state index contributed by atoms with van der Waals surface area (Å²) in [7, 11) is 0. The Morgan fingerprint density at radius 1 is 0.775 bits per heavy atom. The minimum atomic E-state index is -1.09. The van der Waals surface area contributed by atoms with E-state index in [0.29, 0.717) is 31.9 Å². The Balaban J connectivity index is 0.000000355. The van der Waals surface area contributed by atoms with Crippen molar-refractivity contribution in [2.75, 3.05) is 13.2 Å². The lowest BCUT2D eigenvalue weighted by Gasteiger charge is -2.30. The lowest BCUT2D eigenvalue weighted by molar-refractivity contribution is -0.139. The number of rotatable bonds is 11. The topological polar surface area (TPSA) is 126 Å². The fourth-order valence-corrected chi connectivity index (χ4v) is 5.84. The molecular formula is C31H57N3O6. The van der Waals surface area contributed by atoms with Gasteiger partial charge in [-0.05, 0) is 84.5 Å². The summed E-state index contributed by atoms with van der Waals surface area (Å²) in [4.78, 5) is 34.7. The SMILES string of the molecule is C1CCC(NC2CCCCC2)CC1.CC(C)(C)OC(=O)NCCCCC(NC(=O)OCC1CCCCC1)C(=O)O. The Kier molecular flexibility index (Phi) is 16.4. The van der Waals surface area contributed by atoms with Crippen molar-refractivity contribution in [3.8, 4) is 0 Å². The molecule has 0 aromatic carbocycles. The van der Waals surface area contributed by atoms with E-state index in [1.165, 1.54) is 70.6 Å². The Bertz CT molecular complexity index is 707. The van der Waals surface area contributed by atoms with E-state index in [4.69, 9.17) is 9.47 Å². The summed E-state index contributed by atoms with van der Waals surface area (Å²) in [5, 5.41) is 18.1. The average Bonchev–Trinajstić information content (AvgIpc) is 2.92. The van der Waals surface area contributed by atoms with Crippen molar-refractivity contribution in [3.05, 3.63) is 0 Å². The first-order valence-corrected chi connectivity index (χ1v) is 16.0. The van der Waals surface area contributed by atoms with E-state index in [0.717, 1.165) is 37.8 Å². The quantitative estimate of drug-likeness (QED) is 0.205. The molecule has 0 saturated heterocycles. The molecule has 232 valence electrons. The van der Waals surface area contributed by atoms with Crippen LogP contribution in [0.4, 0.5) is 9.59 Å². The van der Waals surface area contributed by atoms with E-state index in [-0.39, 0.29) is 6.42 Å². The first-order chi connectivity index (χ1) is 19.1. The number of carbonyl (C=O) groups excluding carboxylic acids is 2. The van der Waals surface area contributed by atoms with Gasteiger partial charge in [-0.2, -0.15) is 0 Å². The van der Waals surface area contributed by atoms with Crippen LogP contribution in [0.5, 0.6) is 0 Å². The maximum Gasteiger partial charge on any atom is 0.407 e. The van der Waals surface area contributed by atoms with Crippen LogP contribution in [0.3, 0.4) is 0 Å². The molecule has 0 spiro atoms. The standard InChI is InChI=1S/C19H34N2O6.C12H23N/c1-19(2,3)27-17(24)20-12-8-7-11-15(16(22)23)21-18(25)26-13-14-9-5-4-6-10-14;1-3-7-11(8-4-1)13-12-9-5-2-6-10-12/h14-15H,4-13H2,1-3H3,(H,20,24)(H,21,25)(H,22,23);11-13H,1-10H2. The van der Waals surface area contributed by atoms with Gasteiger partial charge in [0.15, 0.2) is 0 Å². The van der Waals surface area contributed by atoms with Crippen LogP contribution in [-0.2, 0) is 14.3 Å². The lowest BCUT2D eigenvalue weighted by atomic mass is 9.90. The number of hydrogen-bond donors (Lipinski definition) is 4. The number of aliphatic carboxylic acids is 1. The maximum absolute atomic E-state index is 11.8. The van der Waals surface area contributed by atoms with Crippen molar-refractivity contribution in [1.82, 2.24) is 16.0 Å². The van der Waals surface area contributed by atoms with Crippen LogP contribution in [-0.4, -0.2) is 60.1 Å². The maximum atomic E-state index is 11.8. The lowest BCUT2D eigenvalue weighted by Crippen LogP contribution is -2.41. The first-order valence-electron chi connectivity index (χ1n) is 16.0. The molecule has 0 heterocycles. The molecular weight excluding hydrogens is 510 g/mol. The Morgan fingerprint density at radius 3 is 1.80 bits per heavy atom. The molecule has 9 nitrogen and oxygen atoms in total. The monoisotopic (exact) mass is 567 g/mol.